The first-order valence-corrected chi connectivity index (χ1v) is 6.22. The van der Waals surface area contributed by atoms with E-state index in [-0.39, 0.29) is 5.91 Å². The van der Waals surface area contributed by atoms with Gasteiger partial charge in [-0.15, -0.1) is 0 Å². The van der Waals surface area contributed by atoms with Crippen LogP contribution in [0.5, 0.6) is 5.75 Å². The van der Waals surface area contributed by atoms with E-state index in [1.54, 1.807) is 7.11 Å². The number of fused-ring (bicyclic) bond motifs is 1. The number of nitrogen functional groups attached to an aromatic ring is 1. The number of anilines is 1. The predicted molar refractivity (Wildman–Crippen MR) is 74.0 cm³/mol. The number of carbonyl (C=O) groups excluding carboxylic acids is 1. The van der Waals surface area contributed by atoms with Crippen LogP contribution in [0.15, 0.2) is 18.2 Å². The minimum Gasteiger partial charge on any atom is -0.497 e. The van der Waals surface area contributed by atoms with Crippen LogP contribution in [-0.4, -0.2) is 29.1 Å². The summed E-state index contributed by atoms with van der Waals surface area (Å²) in [5, 5.41) is 2.76. The number of methoxy groups -OCH3 is 1. The molecule has 2 aromatic rings. The van der Waals surface area contributed by atoms with Gasteiger partial charge in [0.1, 0.15) is 5.75 Å². The average molecular weight is 262 g/mol. The van der Waals surface area contributed by atoms with E-state index in [4.69, 9.17) is 10.5 Å². The topological polar surface area (TPSA) is 82.2 Å². The van der Waals surface area contributed by atoms with Gasteiger partial charge >= 0.3 is 0 Å². The number of benzene rings is 1. The Kier molecular flexibility index (Phi) is 3.89. The molecule has 1 aromatic carbocycles. The van der Waals surface area contributed by atoms with Gasteiger partial charge in [-0.2, -0.15) is 0 Å². The summed E-state index contributed by atoms with van der Waals surface area (Å²) in [5.74, 6) is 1.16. The Morgan fingerprint density at radius 2 is 2.32 bits per heavy atom. The third kappa shape index (κ3) is 2.78. The number of imidazole rings is 1. The lowest BCUT2D eigenvalue weighted by Crippen LogP contribution is -2.24. The summed E-state index contributed by atoms with van der Waals surface area (Å²) in [6.07, 6.45) is 0.384. The zero-order valence-corrected chi connectivity index (χ0v) is 11.1. The van der Waals surface area contributed by atoms with Crippen molar-refractivity contribution in [3.63, 3.8) is 0 Å². The summed E-state index contributed by atoms with van der Waals surface area (Å²) in [4.78, 5) is 15.8. The molecule has 0 saturated carbocycles. The molecule has 19 heavy (non-hydrogen) atoms. The fraction of sp³-hybridized carbons (Fsp3) is 0.385. The van der Waals surface area contributed by atoms with E-state index in [0.29, 0.717) is 25.5 Å². The second kappa shape index (κ2) is 5.60. The van der Waals surface area contributed by atoms with Crippen molar-refractivity contribution in [2.45, 2.75) is 19.9 Å². The zero-order chi connectivity index (χ0) is 13.8. The van der Waals surface area contributed by atoms with Crippen molar-refractivity contribution in [1.29, 1.82) is 0 Å². The van der Waals surface area contributed by atoms with Crippen LogP contribution in [0.1, 0.15) is 13.3 Å². The van der Waals surface area contributed by atoms with E-state index in [2.05, 4.69) is 10.3 Å². The molecule has 0 unspecified atom stereocenters. The van der Waals surface area contributed by atoms with Gasteiger partial charge in [0.25, 0.3) is 0 Å². The molecular weight excluding hydrogens is 244 g/mol. The SMILES string of the molecule is CCNC(=O)CCn1c(N)nc2cc(OC)ccc21. The van der Waals surface area contributed by atoms with Crippen molar-refractivity contribution >= 4 is 22.9 Å². The molecule has 0 spiro atoms. The number of hydrogen-bond donors (Lipinski definition) is 2. The summed E-state index contributed by atoms with van der Waals surface area (Å²) in [6, 6.07) is 5.58. The Morgan fingerprint density at radius 1 is 1.53 bits per heavy atom. The number of nitrogens with two attached hydrogens (primary N) is 1. The lowest BCUT2D eigenvalue weighted by atomic mass is 10.3. The second-order valence-electron chi connectivity index (χ2n) is 4.18. The van der Waals surface area contributed by atoms with Gasteiger partial charge in [0.05, 0.1) is 18.1 Å². The third-order valence-corrected chi connectivity index (χ3v) is 2.92. The number of ether oxygens (including phenoxy) is 1. The van der Waals surface area contributed by atoms with E-state index in [9.17, 15) is 4.79 Å². The summed E-state index contributed by atoms with van der Waals surface area (Å²) < 4.78 is 6.98. The van der Waals surface area contributed by atoms with Gasteiger partial charge in [-0.3, -0.25) is 4.79 Å². The molecule has 0 atom stereocenters. The molecule has 0 aliphatic heterocycles. The van der Waals surface area contributed by atoms with Gasteiger partial charge in [0.15, 0.2) is 0 Å². The Labute approximate surface area is 111 Å². The molecule has 0 saturated heterocycles. The van der Waals surface area contributed by atoms with Crippen LogP contribution >= 0.6 is 0 Å². The summed E-state index contributed by atoms with van der Waals surface area (Å²) >= 11 is 0. The number of aromatic nitrogens is 2. The monoisotopic (exact) mass is 262 g/mol. The molecule has 0 bridgehead atoms. The molecule has 0 aliphatic carbocycles. The van der Waals surface area contributed by atoms with Crippen LogP contribution < -0.4 is 15.8 Å². The predicted octanol–water partition coefficient (Wildman–Crippen LogP) is 1.15. The second-order valence-corrected chi connectivity index (χ2v) is 4.18. The first kappa shape index (κ1) is 13.2. The Hall–Kier alpha value is -2.24. The van der Waals surface area contributed by atoms with E-state index < -0.39 is 0 Å². The number of carbonyl (C=O) groups is 1. The number of rotatable bonds is 5. The molecule has 102 valence electrons. The highest BCUT2D eigenvalue weighted by Gasteiger charge is 2.10. The van der Waals surface area contributed by atoms with Gasteiger partial charge in [0.2, 0.25) is 11.9 Å². The number of nitrogens with zero attached hydrogens (tertiary/aromatic N) is 2. The minimum atomic E-state index is 0.0114. The molecule has 1 amide bonds. The third-order valence-electron chi connectivity index (χ3n) is 2.92. The van der Waals surface area contributed by atoms with Crippen LogP contribution in [0.4, 0.5) is 5.95 Å². The standard InChI is InChI=1S/C13H18N4O2/c1-3-15-12(18)6-7-17-11-5-4-9(19-2)8-10(11)16-13(17)14/h4-5,8H,3,6-7H2,1-2H3,(H2,14,16)(H,15,18). The van der Waals surface area contributed by atoms with E-state index in [1.807, 2.05) is 29.7 Å². The molecule has 6 nitrogen and oxygen atoms in total. The molecule has 1 aromatic heterocycles. The largest absolute Gasteiger partial charge is 0.497 e. The molecule has 0 aliphatic rings. The average Bonchev–Trinajstić information content (AvgIpc) is 2.71. The van der Waals surface area contributed by atoms with Crippen LogP contribution in [0.3, 0.4) is 0 Å². The maximum Gasteiger partial charge on any atom is 0.221 e. The first-order valence-electron chi connectivity index (χ1n) is 6.22. The fourth-order valence-electron chi connectivity index (χ4n) is 1.99. The van der Waals surface area contributed by atoms with E-state index in [0.717, 1.165) is 16.8 Å². The highest BCUT2D eigenvalue weighted by atomic mass is 16.5. The molecule has 6 heteroatoms. The molecular formula is C13H18N4O2. The highest BCUT2D eigenvalue weighted by molar-refractivity contribution is 5.80. The summed E-state index contributed by atoms with van der Waals surface area (Å²) in [7, 11) is 1.61. The van der Waals surface area contributed by atoms with Gasteiger partial charge in [-0.25, -0.2) is 4.98 Å². The molecule has 0 radical (unpaired) electrons. The van der Waals surface area contributed by atoms with Gasteiger partial charge in [-0.1, -0.05) is 0 Å². The number of aryl methyl sites for hydroxylation is 1. The molecule has 1 heterocycles. The number of hydrogen-bond acceptors (Lipinski definition) is 4. The maximum atomic E-state index is 11.5. The number of nitrogens with one attached hydrogen (secondary N) is 1. The minimum absolute atomic E-state index is 0.0114. The van der Waals surface area contributed by atoms with Gasteiger partial charge in [-0.05, 0) is 19.1 Å². The van der Waals surface area contributed by atoms with Crippen molar-refractivity contribution in [2.75, 3.05) is 19.4 Å². The van der Waals surface area contributed by atoms with E-state index in [1.165, 1.54) is 0 Å². The number of amides is 1. The van der Waals surface area contributed by atoms with Gasteiger partial charge in [0, 0.05) is 25.6 Å². The lowest BCUT2D eigenvalue weighted by Gasteiger charge is -2.06. The quantitative estimate of drug-likeness (QED) is 0.847. The highest BCUT2D eigenvalue weighted by Crippen LogP contribution is 2.22. The van der Waals surface area contributed by atoms with Crippen molar-refractivity contribution in [3.8, 4) is 5.75 Å². The Morgan fingerprint density at radius 3 is 3.00 bits per heavy atom. The van der Waals surface area contributed by atoms with E-state index >= 15 is 0 Å². The summed E-state index contributed by atoms with van der Waals surface area (Å²) in [5.41, 5.74) is 7.56. The van der Waals surface area contributed by atoms with Crippen molar-refractivity contribution in [1.82, 2.24) is 14.9 Å². The lowest BCUT2D eigenvalue weighted by molar-refractivity contribution is -0.121. The van der Waals surface area contributed by atoms with Crippen molar-refractivity contribution in [3.05, 3.63) is 18.2 Å². The van der Waals surface area contributed by atoms with Crippen LogP contribution in [-0.2, 0) is 11.3 Å². The normalized spacial score (nSPS) is 10.6. The smallest absolute Gasteiger partial charge is 0.221 e. The van der Waals surface area contributed by atoms with Crippen LogP contribution in [0, 0.1) is 0 Å². The van der Waals surface area contributed by atoms with Gasteiger partial charge < -0.3 is 20.4 Å². The molecule has 0 fully saturated rings. The molecule has 3 N–H and O–H groups in total. The van der Waals surface area contributed by atoms with Crippen LogP contribution in [0.2, 0.25) is 0 Å². The van der Waals surface area contributed by atoms with Crippen molar-refractivity contribution < 1.29 is 9.53 Å². The van der Waals surface area contributed by atoms with Crippen molar-refractivity contribution in [2.24, 2.45) is 0 Å². The van der Waals surface area contributed by atoms with Crippen LogP contribution in [0.25, 0.3) is 11.0 Å². The molecule has 2 rings (SSSR count). The maximum absolute atomic E-state index is 11.5. The Bertz CT molecular complexity index is 592. The summed E-state index contributed by atoms with van der Waals surface area (Å²) in [6.45, 7) is 3.04. The zero-order valence-electron chi connectivity index (χ0n) is 11.1. The first-order chi connectivity index (χ1) is 9.15. The fourth-order valence-corrected chi connectivity index (χ4v) is 1.99. The Balaban J connectivity index is 2.23.